The predicted molar refractivity (Wildman–Crippen MR) is 100 cm³/mol. The number of hydrogen-bond acceptors (Lipinski definition) is 3. The van der Waals surface area contributed by atoms with Gasteiger partial charge >= 0.3 is 5.38 Å². The van der Waals surface area contributed by atoms with Crippen LogP contribution in [0.15, 0.2) is 12.1 Å². The zero-order valence-corrected chi connectivity index (χ0v) is 16.5. The molecule has 5 nitrogen and oxygen atoms in total. The molecule has 0 unspecified atom stereocenters. The Hall–Kier alpha value is -1.76. The number of nitrogens with one attached hydrogen (secondary N) is 1. The molecule has 4 aliphatic rings. The molecule has 0 aromatic carbocycles. The van der Waals surface area contributed by atoms with E-state index in [-0.39, 0.29) is 22.7 Å². The molecule has 4 fully saturated rings. The van der Waals surface area contributed by atoms with Gasteiger partial charge in [-0.25, -0.2) is 9.50 Å². The van der Waals surface area contributed by atoms with Gasteiger partial charge in [-0.1, -0.05) is 0 Å². The molecule has 4 bridgehead atoms. The highest BCUT2D eigenvalue weighted by atomic mass is 35.5. The van der Waals surface area contributed by atoms with E-state index in [9.17, 15) is 13.6 Å². The van der Waals surface area contributed by atoms with Crippen LogP contribution in [0.5, 0.6) is 0 Å². The van der Waals surface area contributed by atoms with Gasteiger partial charge < -0.3 is 5.32 Å². The monoisotopic (exact) mass is 408 g/mol. The number of carbonyl (C=O) groups is 1. The molecule has 0 spiro atoms. The van der Waals surface area contributed by atoms with Crippen molar-refractivity contribution in [3.8, 4) is 0 Å². The lowest BCUT2D eigenvalue weighted by molar-refractivity contribution is -0.0503. The Balaban J connectivity index is 1.37. The molecule has 1 N–H and O–H groups in total. The van der Waals surface area contributed by atoms with Gasteiger partial charge in [-0.05, 0) is 86.3 Å². The Morgan fingerprint density at radius 1 is 1.25 bits per heavy atom. The van der Waals surface area contributed by atoms with E-state index in [1.165, 1.54) is 50.7 Å². The minimum atomic E-state index is -3.59. The number of carbonyl (C=O) groups excluding carboxylic acids is 1. The predicted octanol–water partition coefficient (Wildman–Crippen LogP) is 4.27. The van der Waals surface area contributed by atoms with Gasteiger partial charge in [0.2, 0.25) is 0 Å². The van der Waals surface area contributed by atoms with Crippen molar-refractivity contribution in [1.82, 2.24) is 19.9 Å². The van der Waals surface area contributed by atoms with E-state index in [1.54, 1.807) is 6.92 Å². The molecule has 0 aliphatic heterocycles. The van der Waals surface area contributed by atoms with Crippen LogP contribution in [-0.4, -0.2) is 27.0 Å². The van der Waals surface area contributed by atoms with E-state index in [1.807, 2.05) is 0 Å². The fourth-order valence-electron chi connectivity index (χ4n) is 6.28. The van der Waals surface area contributed by atoms with Crippen molar-refractivity contribution >= 4 is 23.2 Å². The third-order valence-corrected chi connectivity index (χ3v) is 7.06. The van der Waals surface area contributed by atoms with Gasteiger partial charge in [0.1, 0.15) is 5.69 Å². The van der Waals surface area contributed by atoms with Crippen LogP contribution >= 0.6 is 11.6 Å². The van der Waals surface area contributed by atoms with Crippen molar-refractivity contribution in [2.24, 2.45) is 23.2 Å². The summed E-state index contributed by atoms with van der Waals surface area (Å²) in [5, 5.41) is 3.50. The molecule has 2 aromatic rings. The summed E-state index contributed by atoms with van der Waals surface area (Å²) in [6.07, 6.45) is 7.61. The molecule has 28 heavy (non-hydrogen) atoms. The van der Waals surface area contributed by atoms with Crippen molar-refractivity contribution in [3.05, 3.63) is 29.2 Å². The maximum Gasteiger partial charge on any atom is 0.364 e. The van der Waals surface area contributed by atoms with Crippen LogP contribution in [0.2, 0.25) is 0 Å². The third-order valence-electron chi connectivity index (χ3n) is 6.87. The third kappa shape index (κ3) is 3.08. The van der Waals surface area contributed by atoms with E-state index in [0.29, 0.717) is 12.2 Å². The minimum absolute atomic E-state index is 0.0880. The Bertz CT molecular complexity index is 916. The minimum Gasteiger partial charge on any atom is -0.350 e. The zero-order valence-electron chi connectivity index (χ0n) is 15.7. The average Bonchev–Trinajstić information content (AvgIpc) is 3.00. The SMILES string of the molecule is Cc1cc(C(F)(F)Cl)n2nc(C(=O)NCC34CC5CC(CC(C5)C3)C4)cc2n1. The van der Waals surface area contributed by atoms with E-state index in [4.69, 9.17) is 11.6 Å². The molecule has 8 heteroatoms. The van der Waals surface area contributed by atoms with Crippen LogP contribution in [0.3, 0.4) is 0 Å². The fraction of sp³-hybridized carbons (Fsp3) is 0.650. The van der Waals surface area contributed by atoms with Crippen LogP contribution in [0.4, 0.5) is 8.78 Å². The molecule has 1 amide bonds. The number of fused-ring (bicyclic) bond motifs is 1. The molecule has 150 valence electrons. The van der Waals surface area contributed by atoms with Crippen LogP contribution < -0.4 is 5.32 Å². The van der Waals surface area contributed by atoms with E-state index >= 15 is 0 Å². The maximum absolute atomic E-state index is 13.7. The highest BCUT2D eigenvalue weighted by molar-refractivity contribution is 6.21. The molecule has 4 saturated carbocycles. The van der Waals surface area contributed by atoms with Crippen molar-refractivity contribution < 1.29 is 13.6 Å². The summed E-state index contributed by atoms with van der Waals surface area (Å²) in [6, 6.07) is 2.62. The van der Waals surface area contributed by atoms with Crippen molar-refractivity contribution in [1.29, 1.82) is 0 Å². The summed E-state index contributed by atoms with van der Waals surface area (Å²) in [5.74, 6) is 2.07. The van der Waals surface area contributed by atoms with Gasteiger partial charge in [0.05, 0.1) is 0 Å². The van der Waals surface area contributed by atoms with E-state index in [2.05, 4.69) is 15.4 Å². The lowest BCUT2D eigenvalue weighted by Crippen LogP contribution is -2.51. The summed E-state index contributed by atoms with van der Waals surface area (Å²) < 4.78 is 28.4. The lowest BCUT2D eigenvalue weighted by atomic mass is 9.49. The van der Waals surface area contributed by atoms with Gasteiger partial charge in [-0.3, -0.25) is 4.79 Å². The Kier molecular flexibility index (Phi) is 3.99. The first-order valence-electron chi connectivity index (χ1n) is 9.94. The van der Waals surface area contributed by atoms with Crippen LogP contribution in [0.25, 0.3) is 5.65 Å². The largest absolute Gasteiger partial charge is 0.364 e. The molecule has 2 heterocycles. The number of hydrogen-bond donors (Lipinski definition) is 1. The number of aryl methyl sites for hydroxylation is 1. The molecule has 2 aromatic heterocycles. The molecular weight excluding hydrogens is 386 g/mol. The summed E-state index contributed by atoms with van der Waals surface area (Å²) in [5.41, 5.74) is 0.382. The Morgan fingerprint density at radius 3 is 2.43 bits per heavy atom. The second-order valence-corrected chi connectivity index (χ2v) is 9.66. The number of aromatic nitrogens is 3. The highest BCUT2D eigenvalue weighted by Crippen LogP contribution is 2.59. The summed E-state index contributed by atoms with van der Waals surface area (Å²) >= 11 is 5.21. The normalized spacial score (nSPS) is 31.5. The molecule has 4 aliphatic carbocycles. The van der Waals surface area contributed by atoms with Crippen LogP contribution in [0.1, 0.15) is 60.4 Å². The number of nitrogens with zero attached hydrogens (tertiary/aromatic N) is 3. The van der Waals surface area contributed by atoms with Gasteiger partial charge in [-0.2, -0.15) is 13.9 Å². The molecule has 6 rings (SSSR count). The first kappa shape index (κ1) is 18.3. The van der Waals surface area contributed by atoms with Crippen LogP contribution in [-0.2, 0) is 5.38 Å². The maximum atomic E-state index is 13.7. The molecule has 0 radical (unpaired) electrons. The molecule has 0 saturated heterocycles. The smallest absolute Gasteiger partial charge is 0.350 e. The summed E-state index contributed by atoms with van der Waals surface area (Å²) in [7, 11) is 0. The number of amides is 1. The quantitative estimate of drug-likeness (QED) is 0.768. The van der Waals surface area contributed by atoms with Gasteiger partial charge in [-0.15, -0.1) is 0 Å². The molecular formula is C20H23ClF2N4O. The zero-order chi connectivity index (χ0) is 19.7. The van der Waals surface area contributed by atoms with Gasteiger partial charge in [0.25, 0.3) is 5.91 Å². The lowest BCUT2D eigenvalue weighted by Gasteiger charge is -2.56. The van der Waals surface area contributed by atoms with Gasteiger partial charge in [0, 0.05) is 18.3 Å². The highest BCUT2D eigenvalue weighted by Gasteiger charge is 2.50. The second kappa shape index (κ2) is 6.12. The Labute approximate surface area is 166 Å². The topological polar surface area (TPSA) is 59.3 Å². The van der Waals surface area contributed by atoms with Crippen molar-refractivity contribution in [2.75, 3.05) is 6.54 Å². The summed E-state index contributed by atoms with van der Waals surface area (Å²) in [4.78, 5) is 16.9. The first-order valence-corrected chi connectivity index (χ1v) is 10.3. The fourth-order valence-corrected chi connectivity index (χ4v) is 6.41. The van der Waals surface area contributed by atoms with Crippen molar-refractivity contribution in [2.45, 2.75) is 50.8 Å². The standard InChI is InChI=1S/C20H23ClF2N4O/c1-11-2-16(20(21,22)23)27-17(25-11)6-15(26-27)18(28)24-10-19-7-12-3-13(8-19)5-14(4-12)9-19/h2,6,12-14H,3-5,7-10H2,1H3,(H,24,28). The van der Waals surface area contributed by atoms with E-state index in [0.717, 1.165) is 22.3 Å². The second-order valence-electron chi connectivity index (χ2n) is 9.18. The Morgan fingerprint density at radius 2 is 1.86 bits per heavy atom. The van der Waals surface area contributed by atoms with Crippen molar-refractivity contribution in [3.63, 3.8) is 0 Å². The van der Waals surface area contributed by atoms with Gasteiger partial charge in [0.15, 0.2) is 11.3 Å². The summed E-state index contributed by atoms with van der Waals surface area (Å²) in [6.45, 7) is 2.24. The first-order chi connectivity index (χ1) is 13.2. The number of alkyl halides is 3. The van der Waals surface area contributed by atoms with Crippen LogP contribution in [0, 0.1) is 30.1 Å². The van der Waals surface area contributed by atoms with E-state index < -0.39 is 11.1 Å². The molecule has 0 atom stereocenters. The number of halogens is 3. The number of rotatable bonds is 4. The average molecular weight is 409 g/mol.